The van der Waals surface area contributed by atoms with Crippen LogP contribution >= 0.6 is 0 Å². The number of ether oxygens (including phenoxy) is 1. The van der Waals surface area contributed by atoms with Gasteiger partial charge in [0, 0.05) is 38.8 Å². The van der Waals surface area contributed by atoms with Crippen LogP contribution in [-0.2, 0) is 14.8 Å². The maximum Gasteiger partial charge on any atom is 0.246 e. The summed E-state index contributed by atoms with van der Waals surface area (Å²) in [5, 5.41) is 6.54. The number of anilines is 2. The van der Waals surface area contributed by atoms with Gasteiger partial charge in [0.2, 0.25) is 21.8 Å². The van der Waals surface area contributed by atoms with Crippen LogP contribution in [0.4, 0.5) is 11.6 Å². The lowest BCUT2D eigenvalue weighted by Crippen LogP contribution is -2.48. The number of nitrogens with zero attached hydrogens (tertiary/aromatic N) is 3. The molecule has 1 aliphatic heterocycles. The molecule has 4 rings (SSSR count). The fourth-order valence-electron chi connectivity index (χ4n) is 4.38. The van der Waals surface area contributed by atoms with Crippen molar-refractivity contribution in [1.82, 2.24) is 9.46 Å². The number of aromatic nitrogens is 1. The quantitative estimate of drug-likeness (QED) is 0.552. The van der Waals surface area contributed by atoms with E-state index in [4.69, 9.17) is 9.26 Å². The molecule has 2 aromatic carbocycles. The van der Waals surface area contributed by atoms with E-state index in [0.29, 0.717) is 43.0 Å². The maximum atomic E-state index is 13.7. The van der Waals surface area contributed by atoms with Crippen molar-refractivity contribution in [2.24, 2.45) is 0 Å². The summed E-state index contributed by atoms with van der Waals surface area (Å²) in [6, 6.07) is 11.1. The highest BCUT2D eigenvalue weighted by Crippen LogP contribution is 2.37. The second-order valence-corrected chi connectivity index (χ2v) is 10.5. The third kappa shape index (κ3) is 4.76. The average molecular weight is 499 g/mol. The molecule has 1 amide bonds. The van der Waals surface area contributed by atoms with Crippen LogP contribution in [0.15, 0.2) is 45.8 Å². The Kier molecular flexibility index (Phi) is 6.86. The summed E-state index contributed by atoms with van der Waals surface area (Å²) in [7, 11) is -2.40. The van der Waals surface area contributed by atoms with Crippen LogP contribution < -0.4 is 15.0 Å². The zero-order valence-corrected chi connectivity index (χ0v) is 21.4. The molecule has 9 nitrogen and oxygen atoms in total. The van der Waals surface area contributed by atoms with E-state index < -0.39 is 10.0 Å². The van der Waals surface area contributed by atoms with Crippen molar-refractivity contribution in [3.05, 3.63) is 53.2 Å². The van der Waals surface area contributed by atoms with Gasteiger partial charge in [-0.1, -0.05) is 23.4 Å². The normalized spacial score (nSPS) is 14.7. The standard InChI is InChI=1S/C25H30N4O5S/c1-16-7-6-8-21(17(16)2)28-11-13-29(14-12-28)35(31,32)23-15-20(9-10-22(23)33-5)24-18(3)27-34-25(24)26-19(4)30/h6-10,15H,11-14H2,1-5H3,(H,26,30). The SMILES string of the molecule is COc1ccc(-c2c(C)noc2NC(C)=O)cc1S(=O)(=O)N1CCN(c2cccc(C)c2C)CC1. The minimum Gasteiger partial charge on any atom is -0.495 e. The first-order valence-electron chi connectivity index (χ1n) is 11.4. The van der Waals surface area contributed by atoms with Gasteiger partial charge in [-0.05, 0) is 55.7 Å². The van der Waals surface area contributed by atoms with Crippen LogP contribution in [0.3, 0.4) is 0 Å². The van der Waals surface area contributed by atoms with E-state index in [9.17, 15) is 13.2 Å². The lowest BCUT2D eigenvalue weighted by atomic mass is 10.1. The second kappa shape index (κ2) is 9.71. The highest BCUT2D eigenvalue weighted by atomic mass is 32.2. The predicted molar refractivity (Wildman–Crippen MR) is 134 cm³/mol. The van der Waals surface area contributed by atoms with Gasteiger partial charge >= 0.3 is 0 Å². The molecule has 1 saturated heterocycles. The maximum absolute atomic E-state index is 13.7. The molecule has 1 aromatic heterocycles. The number of carbonyl (C=O) groups excluding carboxylic acids is 1. The molecular weight excluding hydrogens is 468 g/mol. The fourth-order valence-corrected chi connectivity index (χ4v) is 5.98. The summed E-state index contributed by atoms with van der Waals surface area (Å²) in [5.41, 5.74) is 5.17. The van der Waals surface area contributed by atoms with Crippen molar-refractivity contribution in [3.63, 3.8) is 0 Å². The molecule has 186 valence electrons. The van der Waals surface area contributed by atoms with Gasteiger partial charge in [0.1, 0.15) is 10.6 Å². The lowest BCUT2D eigenvalue weighted by Gasteiger charge is -2.36. The molecular formula is C25H30N4O5S. The number of methoxy groups -OCH3 is 1. The lowest BCUT2D eigenvalue weighted by molar-refractivity contribution is -0.114. The number of carbonyl (C=O) groups is 1. The predicted octanol–water partition coefficient (Wildman–Crippen LogP) is 3.74. The molecule has 1 fully saturated rings. The van der Waals surface area contributed by atoms with Gasteiger partial charge in [0.15, 0.2) is 0 Å². The summed E-state index contributed by atoms with van der Waals surface area (Å²) in [6.07, 6.45) is 0. The van der Waals surface area contributed by atoms with E-state index in [1.165, 1.54) is 29.5 Å². The number of amides is 1. The fraction of sp³-hybridized carbons (Fsp3) is 0.360. The van der Waals surface area contributed by atoms with Crippen LogP contribution in [0.1, 0.15) is 23.7 Å². The van der Waals surface area contributed by atoms with E-state index in [2.05, 4.69) is 41.4 Å². The first-order valence-corrected chi connectivity index (χ1v) is 12.8. The molecule has 0 atom stereocenters. The van der Waals surface area contributed by atoms with Crippen LogP contribution in [0.2, 0.25) is 0 Å². The Morgan fingerprint density at radius 3 is 2.46 bits per heavy atom. The topological polar surface area (TPSA) is 105 Å². The molecule has 0 bridgehead atoms. The van der Waals surface area contributed by atoms with E-state index in [-0.39, 0.29) is 22.4 Å². The van der Waals surface area contributed by atoms with E-state index >= 15 is 0 Å². The van der Waals surface area contributed by atoms with Gasteiger partial charge in [0.05, 0.1) is 18.4 Å². The number of benzene rings is 2. The zero-order valence-electron chi connectivity index (χ0n) is 20.6. The summed E-state index contributed by atoms with van der Waals surface area (Å²) in [6.45, 7) is 9.14. The first-order chi connectivity index (χ1) is 16.6. The van der Waals surface area contributed by atoms with Gasteiger partial charge in [-0.15, -0.1) is 0 Å². The van der Waals surface area contributed by atoms with Crippen molar-refractivity contribution >= 4 is 27.5 Å². The highest BCUT2D eigenvalue weighted by Gasteiger charge is 2.32. The van der Waals surface area contributed by atoms with Crippen molar-refractivity contribution in [2.45, 2.75) is 32.6 Å². The number of hydrogen-bond donors (Lipinski definition) is 1. The minimum absolute atomic E-state index is 0.0621. The number of rotatable bonds is 6. The molecule has 0 aliphatic carbocycles. The molecule has 0 saturated carbocycles. The Labute approximate surface area is 205 Å². The minimum atomic E-state index is -3.85. The van der Waals surface area contributed by atoms with Crippen LogP contribution in [0.25, 0.3) is 11.1 Å². The van der Waals surface area contributed by atoms with Crippen molar-refractivity contribution in [3.8, 4) is 16.9 Å². The molecule has 3 aromatic rings. The largest absolute Gasteiger partial charge is 0.495 e. The van der Waals surface area contributed by atoms with E-state index in [1.807, 2.05) is 6.07 Å². The van der Waals surface area contributed by atoms with Gasteiger partial charge in [-0.25, -0.2) is 8.42 Å². The Hall–Kier alpha value is -3.37. The Morgan fingerprint density at radius 2 is 1.80 bits per heavy atom. The molecule has 0 unspecified atom stereocenters. The molecule has 0 radical (unpaired) electrons. The van der Waals surface area contributed by atoms with E-state index in [0.717, 1.165) is 5.69 Å². The van der Waals surface area contributed by atoms with Crippen LogP contribution in [0.5, 0.6) is 5.75 Å². The van der Waals surface area contributed by atoms with E-state index in [1.54, 1.807) is 25.1 Å². The van der Waals surface area contributed by atoms with Crippen molar-refractivity contribution in [2.75, 3.05) is 43.5 Å². The number of aryl methyl sites for hydroxylation is 2. The highest BCUT2D eigenvalue weighted by molar-refractivity contribution is 7.89. The van der Waals surface area contributed by atoms with Gasteiger partial charge < -0.3 is 14.2 Å². The summed E-state index contributed by atoms with van der Waals surface area (Å²) >= 11 is 0. The molecule has 2 heterocycles. The molecule has 35 heavy (non-hydrogen) atoms. The van der Waals surface area contributed by atoms with Crippen LogP contribution in [0, 0.1) is 20.8 Å². The second-order valence-electron chi connectivity index (χ2n) is 8.63. The number of nitrogens with one attached hydrogen (secondary N) is 1. The molecule has 1 N–H and O–H groups in total. The number of hydrogen-bond acceptors (Lipinski definition) is 7. The number of piperazine rings is 1. The Bertz CT molecular complexity index is 1360. The molecule has 1 aliphatic rings. The number of sulfonamides is 1. The molecule has 10 heteroatoms. The zero-order chi connectivity index (χ0) is 25.3. The van der Waals surface area contributed by atoms with Gasteiger partial charge in [0.25, 0.3) is 0 Å². The van der Waals surface area contributed by atoms with Crippen molar-refractivity contribution < 1.29 is 22.5 Å². The Balaban J connectivity index is 1.64. The van der Waals surface area contributed by atoms with Gasteiger partial charge in [-0.3, -0.25) is 10.1 Å². The van der Waals surface area contributed by atoms with Crippen LogP contribution in [-0.4, -0.2) is 57.1 Å². The summed E-state index contributed by atoms with van der Waals surface area (Å²) in [4.78, 5) is 13.9. The third-order valence-corrected chi connectivity index (χ3v) is 8.30. The summed E-state index contributed by atoms with van der Waals surface area (Å²) < 4.78 is 39.6. The molecule has 0 spiro atoms. The smallest absolute Gasteiger partial charge is 0.246 e. The van der Waals surface area contributed by atoms with Crippen molar-refractivity contribution in [1.29, 1.82) is 0 Å². The average Bonchev–Trinajstić information content (AvgIpc) is 3.19. The first kappa shape index (κ1) is 24.7. The monoisotopic (exact) mass is 498 g/mol. The Morgan fingerprint density at radius 1 is 1.09 bits per heavy atom. The summed E-state index contributed by atoms with van der Waals surface area (Å²) in [5.74, 6) is 0.108. The van der Waals surface area contributed by atoms with Gasteiger partial charge in [-0.2, -0.15) is 4.31 Å². The third-order valence-electron chi connectivity index (χ3n) is 6.38.